The first-order chi connectivity index (χ1) is 17.6. The van der Waals surface area contributed by atoms with Gasteiger partial charge < -0.3 is 25.6 Å². The van der Waals surface area contributed by atoms with E-state index < -0.39 is 17.3 Å². The van der Waals surface area contributed by atoms with Crippen molar-refractivity contribution in [3.8, 4) is 0 Å². The number of aliphatic hydroxyl groups is 1. The molecule has 2 amide bonds. The van der Waals surface area contributed by atoms with E-state index in [9.17, 15) is 19.1 Å². The molecule has 1 aromatic carbocycles. The molecule has 5 rings (SSSR count). The number of pyridine rings is 1. The molecule has 1 unspecified atom stereocenters. The zero-order valence-corrected chi connectivity index (χ0v) is 21.3. The number of nitrogens with zero attached hydrogens (tertiary/aromatic N) is 4. The number of fused-ring (bicyclic) bond motifs is 1. The molecule has 2 aliphatic heterocycles. The van der Waals surface area contributed by atoms with E-state index in [1.807, 2.05) is 10.8 Å². The number of halogens is 1. The minimum Gasteiger partial charge on any atom is -0.386 e. The average Bonchev–Trinajstić information content (AvgIpc) is 3.50. The molecular weight excluding hydrogens is 495 g/mol. The minimum atomic E-state index is -1.17. The Labute approximate surface area is 217 Å². The molecule has 0 fully saturated rings. The predicted octanol–water partition coefficient (Wildman–Crippen LogP) is 3.29. The molecule has 1 atom stereocenters. The van der Waals surface area contributed by atoms with Crippen molar-refractivity contribution < 1.29 is 19.1 Å². The van der Waals surface area contributed by atoms with Crippen LogP contribution >= 0.6 is 11.8 Å². The lowest BCUT2D eigenvalue weighted by molar-refractivity contribution is -0.114. The van der Waals surface area contributed by atoms with Crippen LogP contribution in [0.1, 0.15) is 53.0 Å². The number of rotatable bonds is 6. The number of benzene rings is 1. The molecule has 9 nitrogen and oxygen atoms in total. The first-order valence-electron chi connectivity index (χ1n) is 11.9. The van der Waals surface area contributed by atoms with Crippen molar-refractivity contribution in [1.29, 1.82) is 0 Å². The fraction of sp³-hybridized carbons (Fsp3) is 0.308. The lowest BCUT2D eigenvalue weighted by Gasteiger charge is -2.27. The van der Waals surface area contributed by atoms with Gasteiger partial charge in [0, 0.05) is 41.9 Å². The van der Waals surface area contributed by atoms with Gasteiger partial charge in [-0.2, -0.15) is 0 Å². The third-order valence-electron chi connectivity index (χ3n) is 6.52. The summed E-state index contributed by atoms with van der Waals surface area (Å²) in [6, 6.07) is 9.67. The van der Waals surface area contributed by atoms with Crippen molar-refractivity contribution >= 4 is 29.4 Å². The van der Waals surface area contributed by atoms with Crippen LogP contribution in [0.4, 0.5) is 10.2 Å². The minimum absolute atomic E-state index is 0.215. The summed E-state index contributed by atoms with van der Waals surface area (Å²) in [5.74, 6) is -0.0875. The molecule has 0 aliphatic carbocycles. The molecule has 4 heterocycles. The Kier molecular flexibility index (Phi) is 6.50. The van der Waals surface area contributed by atoms with Crippen LogP contribution in [-0.2, 0) is 23.5 Å². The number of primary amides is 1. The van der Waals surface area contributed by atoms with Crippen LogP contribution in [0, 0.1) is 5.82 Å². The molecule has 192 valence electrons. The molecular formula is C26H27FN6O3S. The number of aromatic nitrogens is 3. The van der Waals surface area contributed by atoms with E-state index in [1.165, 1.54) is 17.8 Å². The van der Waals surface area contributed by atoms with Gasteiger partial charge in [0.25, 0.3) is 5.91 Å². The van der Waals surface area contributed by atoms with E-state index in [0.717, 1.165) is 5.82 Å². The third-order valence-corrected chi connectivity index (χ3v) is 7.81. The van der Waals surface area contributed by atoms with Gasteiger partial charge in [0.1, 0.15) is 23.2 Å². The number of amides is 2. The fourth-order valence-corrected chi connectivity index (χ4v) is 5.78. The van der Waals surface area contributed by atoms with Crippen molar-refractivity contribution in [2.75, 3.05) is 11.9 Å². The molecule has 2 aromatic heterocycles. The van der Waals surface area contributed by atoms with Crippen molar-refractivity contribution in [3.05, 3.63) is 87.9 Å². The Morgan fingerprint density at radius 1 is 1.24 bits per heavy atom. The highest BCUT2D eigenvalue weighted by molar-refractivity contribution is 8.03. The number of nitrogens with two attached hydrogens (primary N) is 1. The Morgan fingerprint density at radius 3 is 2.78 bits per heavy atom. The maximum Gasteiger partial charge on any atom is 0.273 e. The topological polar surface area (TPSA) is 126 Å². The van der Waals surface area contributed by atoms with Crippen molar-refractivity contribution in [3.63, 3.8) is 0 Å². The number of hydrogen-bond acceptors (Lipinski definition) is 7. The monoisotopic (exact) mass is 522 g/mol. The summed E-state index contributed by atoms with van der Waals surface area (Å²) < 4.78 is 17.0. The van der Waals surface area contributed by atoms with E-state index in [4.69, 9.17) is 5.73 Å². The molecule has 37 heavy (non-hydrogen) atoms. The molecule has 4 N–H and O–H groups in total. The zero-order chi connectivity index (χ0) is 26.3. The van der Waals surface area contributed by atoms with Crippen LogP contribution in [-0.4, -0.2) is 42.9 Å². The van der Waals surface area contributed by atoms with Crippen LogP contribution < -0.4 is 11.1 Å². The van der Waals surface area contributed by atoms with Crippen molar-refractivity contribution in [1.82, 2.24) is 19.4 Å². The summed E-state index contributed by atoms with van der Waals surface area (Å²) in [6.45, 7) is 4.80. The van der Waals surface area contributed by atoms with Crippen LogP contribution in [0.3, 0.4) is 0 Å². The molecule has 0 saturated carbocycles. The quantitative estimate of drug-likeness (QED) is 0.454. The van der Waals surface area contributed by atoms with E-state index in [2.05, 4.69) is 15.3 Å². The lowest BCUT2D eigenvalue weighted by Crippen LogP contribution is -2.38. The molecule has 2 aliphatic rings. The number of carbonyl (C=O) groups is 2. The summed E-state index contributed by atoms with van der Waals surface area (Å²) >= 11 is 1.28. The highest BCUT2D eigenvalue weighted by Crippen LogP contribution is 2.48. The van der Waals surface area contributed by atoms with Gasteiger partial charge in [-0.15, -0.1) is 0 Å². The number of thioether (sulfide) groups is 1. The van der Waals surface area contributed by atoms with E-state index in [0.29, 0.717) is 47.2 Å². The van der Waals surface area contributed by atoms with Gasteiger partial charge in [0.15, 0.2) is 0 Å². The second kappa shape index (κ2) is 9.64. The van der Waals surface area contributed by atoms with Gasteiger partial charge in [0.05, 0.1) is 17.2 Å². The van der Waals surface area contributed by atoms with Gasteiger partial charge in [-0.1, -0.05) is 30.0 Å². The van der Waals surface area contributed by atoms with E-state index in [-0.39, 0.29) is 23.3 Å². The average molecular weight is 523 g/mol. The maximum atomic E-state index is 15.0. The standard InChI is InChI=1S/C26H27FN6O3S/c1-26(2,36)15-6-7-16(18(27)12-15)20-13-17(23(28)34)24(37-20)31-21-5-3-4-19(30-21)25(35)33-11-10-32-9-8-29-22(32)14-33/h3-9,12,20,36H,10-11,13-14H2,1-2H3,(H2,28,34)(H,30,31). The largest absolute Gasteiger partial charge is 0.386 e. The highest BCUT2D eigenvalue weighted by Gasteiger charge is 2.32. The van der Waals surface area contributed by atoms with Gasteiger partial charge >= 0.3 is 0 Å². The van der Waals surface area contributed by atoms with Gasteiger partial charge in [0.2, 0.25) is 5.91 Å². The highest BCUT2D eigenvalue weighted by atomic mass is 32.2. The molecule has 0 radical (unpaired) electrons. The summed E-state index contributed by atoms with van der Waals surface area (Å²) in [5, 5.41) is 13.4. The molecule has 0 spiro atoms. The molecule has 11 heteroatoms. The molecule has 0 bridgehead atoms. The smallest absolute Gasteiger partial charge is 0.273 e. The zero-order valence-electron chi connectivity index (χ0n) is 20.4. The van der Waals surface area contributed by atoms with E-state index >= 15 is 0 Å². The van der Waals surface area contributed by atoms with Crippen LogP contribution in [0.5, 0.6) is 0 Å². The number of nitrogens with one attached hydrogen (secondary N) is 1. The SMILES string of the molecule is CC(C)(O)c1ccc(C2CC(C(N)=O)=C(Nc3cccc(C(=O)N4CCn5ccnc5C4)n3)S2)c(F)c1. The summed E-state index contributed by atoms with van der Waals surface area (Å²) in [4.78, 5) is 35.8. The second-order valence-corrected chi connectivity index (χ2v) is 10.8. The fourth-order valence-electron chi connectivity index (χ4n) is 4.44. The number of imidazole rings is 1. The van der Waals surface area contributed by atoms with Crippen LogP contribution in [0.15, 0.2) is 59.4 Å². The third kappa shape index (κ3) is 5.09. The van der Waals surface area contributed by atoms with E-state index in [1.54, 1.807) is 55.3 Å². The van der Waals surface area contributed by atoms with Crippen molar-refractivity contribution in [2.24, 2.45) is 5.73 Å². The first kappa shape index (κ1) is 25.0. The Balaban J connectivity index is 1.33. The number of carbonyl (C=O) groups excluding carboxylic acids is 2. The summed E-state index contributed by atoms with van der Waals surface area (Å²) in [5.41, 5.74) is 5.94. The van der Waals surface area contributed by atoms with Crippen LogP contribution in [0.2, 0.25) is 0 Å². The summed E-state index contributed by atoms with van der Waals surface area (Å²) in [6.07, 6.45) is 3.85. The lowest BCUT2D eigenvalue weighted by atomic mass is 9.95. The normalized spacial score (nSPS) is 17.6. The summed E-state index contributed by atoms with van der Waals surface area (Å²) in [7, 11) is 0. The maximum absolute atomic E-state index is 15.0. The molecule has 3 aromatic rings. The van der Waals surface area contributed by atoms with Gasteiger partial charge in [-0.05, 0) is 44.0 Å². The first-order valence-corrected chi connectivity index (χ1v) is 12.7. The second-order valence-electron chi connectivity index (χ2n) is 9.57. The Morgan fingerprint density at radius 2 is 2.05 bits per heavy atom. The number of hydrogen-bond donors (Lipinski definition) is 3. The van der Waals surface area contributed by atoms with Gasteiger partial charge in [-0.3, -0.25) is 9.59 Å². The molecule has 0 saturated heterocycles. The number of anilines is 1. The van der Waals surface area contributed by atoms with Gasteiger partial charge in [-0.25, -0.2) is 14.4 Å². The van der Waals surface area contributed by atoms with Crippen LogP contribution in [0.25, 0.3) is 0 Å². The predicted molar refractivity (Wildman–Crippen MR) is 138 cm³/mol. The van der Waals surface area contributed by atoms with Crippen molar-refractivity contribution in [2.45, 2.75) is 44.2 Å². The Bertz CT molecular complexity index is 1410. The Hall–Kier alpha value is -3.70.